The molecule has 2 aromatic carbocycles. The Morgan fingerprint density at radius 2 is 1.75 bits per heavy atom. The first-order chi connectivity index (χ1) is 11.5. The van der Waals surface area contributed by atoms with Gasteiger partial charge < -0.3 is 0 Å². The fourth-order valence-corrected chi connectivity index (χ4v) is 2.04. The van der Waals surface area contributed by atoms with Gasteiger partial charge in [0, 0.05) is 11.6 Å². The molecule has 0 radical (unpaired) electrons. The molecule has 0 fully saturated rings. The SMILES string of the molecule is Cc1cccc(C(=O)NNC(=S)NC(=O)/C=C/c2ccccc2)c1. The molecule has 0 unspecified atom stereocenters. The van der Waals surface area contributed by atoms with Crippen LogP contribution in [0.3, 0.4) is 0 Å². The molecule has 0 saturated carbocycles. The van der Waals surface area contributed by atoms with E-state index in [2.05, 4.69) is 16.2 Å². The lowest BCUT2D eigenvalue weighted by Gasteiger charge is -2.10. The first-order valence-corrected chi connectivity index (χ1v) is 7.66. The number of carbonyl (C=O) groups excluding carboxylic acids is 2. The zero-order valence-electron chi connectivity index (χ0n) is 13.1. The van der Waals surface area contributed by atoms with E-state index in [1.807, 2.05) is 43.3 Å². The Bertz CT molecular complexity index is 773. The Morgan fingerprint density at radius 3 is 2.46 bits per heavy atom. The van der Waals surface area contributed by atoms with Crippen LogP contribution in [0.15, 0.2) is 60.7 Å². The number of hydrogen-bond donors (Lipinski definition) is 3. The smallest absolute Gasteiger partial charge is 0.269 e. The minimum atomic E-state index is -0.388. The quantitative estimate of drug-likeness (QED) is 0.456. The summed E-state index contributed by atoms with van der Waals surface area (Å²) in [7, 11) is 0. The molecule has 24 heavy (non-hydrogen) atoms. The third kappa shape index (κ3) is 5.66. The first kappa shape index (κ1) is 17.4. The standard InChI is InChI=1S/C18H17N3O2S/c1-13-6-5-9-15(12-13)17(23)20-21-18(24)19-16(22)11-10-14-7-3-2-4-8-14/h2-12H,1H3,(H,20,23)(H2,19,21,22,24)/b11-10+. The van der Waals surface area contributed by atoms with Crippen molar-refractivity contribution in [1.29, 1.82) is 0 Å². The van der Waals surface area contributed by atoms with Gasteiger partial charge in [0.15, 0.2) is 5.11 Å². The van der Waals surface area contributed by atoms with Crippen LogP contribution in [-0.4, -0.2) is 16.9 Å². The molecule has 0 saturated heterocycles. The zero-order valence-corrected chi connectivity index (χ0v) is 13.9. The van der Waals surface area contributed by atoms with Gasteiger partial charge in [0.1, 0.15) is 0 Å². The van der Waals surface area contributed by atoms with E-state index in [4.69, 9.17) is 12.2 Å². The van der Waals surface area contributed by atoms with Gasteiger partial charge in [0.2, 0.25) is 5.91 Å². The summed E-state index contributed by atoms with van der Waals surface area (Å²) < 4.78 is 0. The number of rotatable bonds is 3. The Balaban J connectivity index is 1.79. The molecule has 2 rings (SSSR count). The van der Waals surface area contributed by atoms with Crippen molar-refractivity contribution in [3.63, 3.8) is 0 Å². The van der Waals surface area contributed by atoms with Crippen molar-refractivity contribution in [2.75, 3.05) is 0 Å². The Kier molecular flexibility index (Phi) is 6.22. The van der Waals surface area contributed by atoms with Crippen molar-refractivity contribution < 1.29 is 9.59 Å². The summed E-state index contributed by atoms with van der Waals surface area (Å²) in [5.41, 5.74) is 7.31. The minimum absolute atomic E-state index is 0.0127. The molecule has 0 aliphatic rings. The molecule has 122 valence electrons. The molecule has 3 N–H and O–H groups in total. The highest BCUT2D eigenvalue weighted by Gasteiger charge is 2.06. The number of hydrogen-bond acceptors (Lipinski definition) is 3. The number of carbonyl (C=O) groups is 2. The number of amides is 2. The topological polar surface area (TPSA) is 70.2 Å². The molecule has 2 aromatic rings. The van der Waals surface area contributed by atoms with Crippen LogP contribution in [0.4, 0.5) is 0 Å². The van der Waals surface area contributed by atoms with Crippen molar-refractivity contribution in [3.8, 4) is 0 Å². The minimum Gasteiger partial charge on any atom is -0.298 e. The van der Waals surface area contributed by atoms with Crippen LogP contribution < -0.4 is 16.2 Å². The first-order valence-electron chi connectivity index (χ1n) is 7.26. The van der Waals surface area contributed by atoms with Crippen LogP contribution in [0, 0.1) is 6.92 Å². The van der Waals surface area contributed by atoms with E-state index in [9.17, 15) is 9.59 Å². The Morgan fingerprint density at radius 1 is 1.00 bits per heavy atom. The summed E-state index contributed by atoms with van der Waals surface area (Å²) in [4.78, 5) is 23.7. The van der Waals surface area contributed by atoms with E-state index in [1.54, 1.807) is 24.3 Å². The van der Waals surface area contributed by atoms with Crippen molar-refractivity contribution in [3.05, 3.63) is 77.4 Å². The van der Waals surface area contributed by atoms with Crippen LogP contribution in [0.2, 0.25) is 0 Å². The monoisotopic (exact) mass is 339 g/mol. The Hall–Kier alpha value is -2.99. The number of hydrazine groups is 1. The highest BCUT2D eigenvalue weighted by atomic mass is 32.1. The van der Waals surface area contributed by atoms with Crippen LogP contribution in [-0.2, 0) is 4.79 Å². The van der Waals surface area contributed by atoms with Crippen LogP contribution in [0.1, 0.15) is 21.5 Å². The van der Waals surface area contributed by atoms with Crippen molar-refractivity contribution >= 4 is 35.2 Å². The summed E-state index contributed by atoms with van der Waals surface area (Å²) in [6.45, 7) is 1.90. The number of thiocarbonyl (C=S) groups is 1. The van der Waals surface area contributed by atoms with Crippen molar-refractivity contribution in [1.82, 2.24) is 16.2 Å². The van der Waals surface area contributed by atoms with E-state index < -0.39 is 0 Å². The molecule has 0 bridgehead atoms. The number of nitrogens with one attached hydrogen (secondary N) is 3. The van der Waals surface area contributed by atoms with Gasteiger partial charge in [-0.25, -0.2) is 0 Å². The molecule has 6 heteroatoms. The third-order valence-electron chi connectivity index (χ3n) is 3.03. The maximum absolute atomic E-state index is 11.9. The zero-order chi connectivity index (χ0) is 17.4. The number of benzene rings is 2. The second kappa shape index (κ2) is 8.59. The molecule has 0 aromatic heterocycles. The molecule has 0 spiro atoms. The van der Waals surface area contributed by atoms with E-state index in [0.717, 1.165) is 11.1 Å². The van der Waals surface area contributed by atoms with Gasteiger partial charge in [-0.2, -0.15) is 0 Å². The van der Waals surface area contributed by atoms with Gasteiger partial charge in [0.25, 0.3) is 5.91 Å². The molecule has 0 atom stereocenters. The van der Waals surface area contributed by atoms with Crippen molar-refractivity contribution in [2.45, 2.75) is 6.92 Å². The highest BCUT2D eigenvalue weighted by Crippen LogP contribution is 2.03. The van der Waals surface area contributed by atoms with Gasteiger partial charge in [-0.1, -0.05) is 48.0 Å². The molecular formula is C18H17N3O2S. The predicted molar refractivity (Wildman–Crippen MR) is 98.0 cm³/mol. The maximum atomic E-state index is 11.9. The maximum Gasteiger partial charge on any atom is 0.269 e. The third-order valence-corrected chi connectivity index (χ3v) is 3.24. The van der Waals surface area contributed by atoms with E-state index in [1.165, 1.54) is 6.08 Å². The molecular weight excluding hydrogens is 322 g/mol. The predicted octanol–water partition coefficient (Wildman–Crippen LogP) is 2.34. The lowest BCUT2D eigenvalue weighted by atomic mass is 10.1. The summed E-state index contributed by atoms with van der Waals surface area (Å²) in [6.07, 6.45) is 3.04. The summed E-state index contributed by atoms with van der Waals surface area (Å²) in [6, 6.07) is 16.5. The van der Waals surface area contributed by atoms with E-state index >= 15 is 0 Å². The van der Waals surface area contributed by atoms with Gasteiger partial charge >= 0.3 is 0 Å². The van der Waals surface area contributed by atoms with Gasteiger partial charge in [-0.15, -0.1) is 0 Å². The molecule has 5 nitrogen and oxygen atoms in total. The molecule has 0 aliphatic heterocycles. The second-order valence-corrected chi connectivity index (χ2v) is 5.42. The van der Waals surface area contributed by atoms with Crippen molar-refractivity contribution in [2.24, 2.45) is 0 Å². The van der Waals surface area contributed by atoms with Gasteiger partial charge in [-0.3, -0.25) is 25.8 Å². The normalized spacial score (nSPS) is 10.2. The fraction of sp³-hybridized carbons (Fsp3) is 0.0556. The van der Waals surface area contributed by atoms with Gasteiger partial charge in [0.05, 0.1) is 0 Å². The summed E-state index contributed by atoms with van der Waals surface area (Å²) in [5.74, 6) is -0.726. The fourth-order valence-electron chi connectivity index (χ4n) is 1.89. The largest absolute Gasteiger partial charge is 0.298 e. The highest BCUT2D eigenvalue weighted by molar-refractivity contribution is 7.80. The Labute approximate surface area is 145 Å². The molecule has 2 amide bonds. The van der Waals surface area contributed by atoms with E-state index in [-0.39, 0.29) is 16.9 Å². The summed E-state index contributed by atoms with van der Waals surface area (Å²) in [5, 5.41) is 2.46. The van der Waals surface area contributed by atoms with Gasteiger partial charge in [-0.05, 0) is 42.9 Å². The second-order valence-electron chi connectivity index (χ2n) is 5.01. The van der Waals surface area contributed by atoms with E-state index in [0.29, 0.717) is 5.56 Å². The average molecular weight is 339 g/mol. The molecule has 0 heterocycles. The average Bonchev–Trinajstić information content (AvgIpc) is 2.59. The lowest BCUT2D eigenvalue weighted by molar-refractivity contribution is -0.115. The molecule has 0 aliphatic carbocycles. The summed E-state index contributed by atoms with van der Waals surface area (Å²) >= 11 is 4.96. The lowest BCUT2D eigenvalue weighted by Crippen LogP contribution is -2.48. The number of aryl methyl sites for hydroxylation is 1. The van der Waals surface area contributed by atoms with Crippen LogP contribution in [0.25, 0.3) is 6.08 Å². The van der Waals surface area contributed by atoms with Crippen LogP contribution >= 0.6 is 12.2 Å². The van der Waals surface area contributed by atoms with Crippen LogP contribution in [0.5, 0.6) is 0 Å².